The molecular formula is C9H10ClN3O. The molecule has 2 aromatic rings. The lowest BCUT2D eigenvalue weighted by Crippen LogP contribution is -2.05. The molecule has 0 bridgehead atoms. The molecule has 5 heteroatoms. The Morgan fingerprint density at radius 2 is 2.29 bits per heavy atom. The first kappa shape index (κ1) is 9.43. The second-order valence-electron chi connectivity index (χ2n) is 2.91. The van der Waals surface area contributed by atoms with E-state index in [0.717, 1.165) is 10.9 Å². The van der Waals surface area contributed by atoms with E-state index in [0.29, 0.717) is 18.2 Å². The Hall–Kier alpha value is -1.13. The Kier molecular flexibility index (Phi) is 2.65. The van der Waals surface area contributed by atoms with Crippen LogP contribution in [0, 0.1) is 0 Å². The van der Waals surface area contributed by atoms with Gasteiger partial charge in [0.25, 0.3) is 0 Å². The van der Waals surface area contributed by atoms with Crippen molar-refractivity contribution in [3.63, 3.8) is 0 Å². The van der Waals surface area contributed by atoms with Crippen LogP contribution in [-0.4, -0.2) is 28.5 Å². The molecule has 0 aliphatic heterocycles. The summed E-state index contributed by atoms with van der Waals surface area (Å²) in [6.45, 7) is 1.34. The minimum absolute atomic E-state index is 0.628. The van der Waals surface area contributed by atoms with Gasteiger partial charge in [-0.05, 0) is 0 Å². The van der Waals surface area contributed by atoms with E-state index in [4.69, 9.17) is 16.3 Å². The molecule has 2 heterocycles. The molecule has 2 rings (SSSR count). The van der Waals surface area contributed by atoms with E-state index in [9.17, 15) is 0 Å². The van der Waals surface area contributed by atoms with Crippen molar-refractivity contribution in [3.8, 4) is 0 Å². The maximum Gasteiger partial charge on any atom is 0.0881 e. The maximum atomic E-state index is 5.96. The van der Waals surface area contributed by atoms with Crippen LogP contribution in [0.2, 0.25) is 5.02 Å². The van der Waals surface area contributed by atoms with Crippen molar-refractivity contribution in [2.24, 2.45) is 0 Å². The number of rotatable bonds is 3. The highest BCUT2D eigenvalue weighted by Crippen LogP contribution is 2.20. The van der Waals surface area contributed by atoms with Gasteiger partial charge in [0, 0.05) is 18.7 Å². The Bertz CT molecular complexity index is 441. The molecule has 14 heavy (non-hydrogen) atoms. The first-order valence-electron chi connectivity index (χ1n) is 4.27. The van der Waals surface area contributed by atoms with E-state index in [-0.39, 0.29) is 0 Å². The largest absolute Gasteiger partial charge is 0.383 e. The van der Waals surface area contributed by atoms with Crippen LogP contribution in [0.15, 0.2) is 18.6 Å². The van der Waals surface area contributed by atoms with E-state index in [1.165, 1.54) is 0 Å². The lowest BCUT2D eigenvalue weighted by molar-refractivity contribution is 0.185. The first-order valence-corrected chi connectivity index (χ1v) is 4.64. The normalized spacial score (nSPS) is 11.0. The average molecular weight is 212 g/mol. The molecule has 0 aromatic carbocycles. The van der Waals surface area contributed by atoms with Gasteiger partial charge in [-0.1, -0.05) is 11.6 Å². The van der Waals surface area contributed by atoms with Gasteiger partial charge >= 0.3 is 0 Å². The number of nitrogens with zero attached hydrogens (tertiary/aromatic N) is 3. The summed E-state index contributed by atoms with van der Waals surface area (Å²) in [5, 5.41) is 5.77. The molecule has 0 N–H and O–H groups in total. The van der Waals surface area contributed by atoms with Crippen LogP contribution in [0.1, 0.15) is 0 Å². The minimum atomic E-state index is 0.628. The number of pyridine rings is 1. The summed E-state index contributed by atoms with van der Waals surface area (Å²) in [4.78, 5) is 4.02. The van der Waals surface area contributed by atoms with Crippen LogP contribution in [0.25, 0.3) is 10.9 Å². The highest BCUT2D eigenvalue weighted by Gasteiger charge is 2.05. The maximum absolute atomic E-state index is 5.96. The van der Waals surface area contributed by atoms with Crippen molar-refractivity contribution in [3.05, 3.63) is 23.6 Å². The molecule has 0 unspecified atom stereocenters. The first-order chi connectivity index (χ1) is 6.83. The van der Waals surface area contributed by atoms with Crippen molar-refractivity contribution in [2.75, 3.05) is 13.7 Å². The van der Waals surface area contributed by atoms with E-state index in [2.05, 4.69) is 10.1 Å². The van der Waals surface area contributed by atoms with Gasteiger partial charge in [-0.25, -0.2) is 0 Å². The second-order valence-corrected chi connectivity index (χ2v) is 3.32. The van der Waals surface area contributed by atoms with Crippen molar-refractivity contribution in [2.45, 2.75) is 6.54 Å². The molecule has 0 spiro atoms. The van der Waals surface area contributed by atoms with Gasteiger partial charge in [-0.3, -0.25) is 9.67 Å². The fourth-order valence-corrected chi connectivity index (χ4v) is 1.52. The number of hydrogen-bond acceptors (Lipinski definition) is 3. The topological polar surface area (TPSA) is 39.9 Å². The third-order valence-electron chi connectivity index (χ3n) is 2.03. The van der Waals surface area contributed by atoms with Gasteiger partial charge in [-0.2, -0.15) is 5.10 Å². The van der Waals surface area contributed by atoms with Crippen molar-refractivity contribution < 1.29 is 4.74 Å². The standard InChI is InChI=1S/C9H10ClN3O/c1-14-3-2-13-9-6-11-5-8(10)7(9)4-12-13/h4-6H,2-3H2,1H3. The van der Waals surface area contributed by atoms with E-state index >= 15 is 0 Å². The molecule has 0 aliphatic rings. The van der Waals surface area contributed by atoms with Crippen molar-refractivity contribution >= 4 is 22.5 Å². The van der Waals surface area contributed by atoms with Gasteiger partial charge < -0.3 is 4.74 Å². The zero-order valence-electron chi connectivity index (χ0n) is 7.77. The number of methoxy groups -OCH3 is 1. The SMILES string of the molecule is COCCn1ncc2c(Cl)cncc21. The van der Waals surface area contributed by atoms with Crippen LogP contribution < -0.4 is 0 Å². The van der Waals surface area contributed by atoms with Gasteiger partial charge in [0.05, 0.1) is 36.1 Å². The number of halogens is 1. The van der Waals surface area contributed by atoms with Gasteiger partial charge in [0.2, 0.25) is 0 Å². The second kappa shape index (κ2) is 3.94. The van der Waals surface area contributed by atoms with Crippen molar-refractivity contribution in [1.82, 2.24) is 14.8 Å². The molecule has 0 saturated heterocycles. The van der Waals surface area contributed by atoms with Crippen molar-refractivity contribution in [1.29, 1.82) is 0 Å². The Labute approximate surface area is 86.5 Å². The highest BCUT2D eigenvalue weighted by molar-refractivity contribution is 6.35. The van der Waals surface area contributed by atoms with Gasteiger partial charge in [0.15, 0.2) is 0 Å². The van der Waals surface area contributed by atoms with E-state index < -0.39 is 0 Å². The third kappa shape index (κ3) is 1.58. The summed E-state index contributed by atoms with van der Waals surface area (Å²) in [5.74, 6) is 0. The predicted molar refractivity (Wildman–Crippen MR) is 54.4 cm³/mol. The fourth-order valence-electron chi connectivity index (χ4n) is 1.31. The number of hydrogen-bond donors (Lipinski definition) is 0. The zero-order chi connectivity index (χ0) is 9.97. The fraction of sp³-hybridized carbons (Fsp3) is 0.333. The summed E-state index contributed by atoms with van der Waals surface area (Å²) < 4.78 is 6.81. The van der Waals surface area contributed by atoms with Crippen LogP contribution in [0.4, 0.5) is 0 Å². The molecule has 0 amide bonds. The molecule has 0 saturated carbocycles. The molecule has 74 valence electrons. The number of fused-ring (bicyclic) bond motifs is 1. The van der Waals surface area contributed by atoms with Gasteiger partial charge in [0.1, 0.15) is 0 Å². The quantitative estimate of drug-likeness (QED) is 0.777. The summed E-state index contributed by atoms with van der Waals surface area (Å²) in [5.41, 5.74) is 0.939. The highest BCUT2D eigenvalue weighted by atomic mass is 35.5. The predicted octanol–water partition coefficient (Wildman–Crippen LogP) is 1.73. The number of ether oxygens (including phenoxy) is 1. The van der Waals surface area contributed by atoms with Crippen LogP contribution in [0.3, 0.4) is 0 Å². The molecule has 2 aromatic heterocycles. The molecular weight excluding hydrogens is 202 g/mol. The van der Waals surface area contributed by atoms with Crippen LogP contribution >= 0.6 is 11.6 Å². The number of aromatic nitrogens is 3. The lowest BCUT2D eigenvalue weighted by Gasteiger charge is -2.01. The monoisotopic (exact) mass is 211 g/mol. The van der Waals surface area contributed by atoms with Crippen LogP contribution in [-0.2, 0) is 11.3 Å². The molecule has 0 aliphatic carbocycles. The van der Waals surface area contributed by atoms with E-state index in [1.54, 1.807) is 25.7 Å². The summed E-state index contributed by atoms with van der Waals surface area (Å²) in [7, 11) is 1.66. The summed E-state index contributed by atoms with van der Waals surface area (Å²) >= 11 is 5.96. The average Bonchev–Trinajstić information content (AvgIpc) is 2.60. The molecule has 0 radical (unpaired) electrons. The Balaban J connectivity index is 2.42. The molecule has 4 nitrogen and oxygen atoms in total. The summed E-state index contributed by atoms with van der Waals surface area (Å²) in [6, 6.07) is 0. The Morgan fingerprint density at radius 1 is 1.43 bits per heavy atom. The smallest absolute Gasteiger partial charge is 0.0881 e. The minimum Gasteiger partial charge on any atom is -0.383 e. The third-order valence-corrected chi connectivity index (χ3v) is 2.33. The molecule has 0 fully saturated rings. The lowest BCUT2D eigenvalue weighted by atomic mass is 10.3. The summed E-state index contributed by atoms with van der Waals surface area (Å²) in [6.07, 6.45) is 5.12. The zero-order valence-corrected chi connectivity index (χ0v) is 8.53. The van der Waals surface area contributed by atoms with Crippen LogP contribution in [0.5, 0.6) is 0 Å². The Morgan fingerprint density at radius 3 is 3.07 bits per heavy atom. The molecule has 0 atom stereocenters. The van der Waals surface area contributed by atoms with Gasteiger partial charge in [-0.15, -0.1) is 0 Å². The van der Waals surface area contributed by atoms with E-state index in [1.807, 2.05) is 4.68 Å².